The van der Waals surface area contributed by atoms with E-state index in [9.17, 15) is 4.79 Å². The molecule has 2 aromatic carbocycles. The van der Waals surface area contributed by atoms with Gasteiger partial charge in [-0.15, -0.1) is 0 Å². The zero-order valence-electron chi connectivity index (χ0n) is 15.5. The Hall–Kier alpha value is -2.08. The molecule has 0 radical (unpaired) electrons. The van der Waals surface area contributed by atoms with Crippen LogP contribution in [0.3, 0.4) is 0 Å². The molecule has 0 bridgehead atoms. The summed E-state index contributed by atoms with van der Waals surface area (Å²) in [5, 5.41) is 3.79. The fourth-order valence-corrected chi connectivity index (χ4v) is 3.53. The Morgan fingerprint density at radius 1 is 1.19 bits per heavy atom. The highest BCUT2D eigenvalue weighted by Crippen LogP contribution is 2.27. The van der Waals surface area contributed by atoms with Gasteiger partial charge >= 0.3 is 0 Å². The van der Waals surface area contributed by atoms with Crippen LogP contribution in [0.1, 0.15) is 17.2 Å². The van der Waals surface area contributed by atoms with Gasteiger partial charge in [0.25, 0.3) is 0 Å². The van der Waals surface area contributed by atoms with E-state index in [-0.39, 0.29) is 11.9 Å². The molecular weight excluding hydrogens is 364 g/mol. The first kappa shape index (κ1) is 19.7. The smallest absolute Gasteiger partial charge is 0.224 e. The highest BCUT2D eigenvalue weighted by Gasteiger charge is 2.24. The van der Waals surface area contributed by atoms with Crippen LogP contribution in [-0.2, 0) is 16.0 Å². The maximum Gasteiger partial charge on any atom is 0.224 e. The number of halogens is 1. The molecule has 1 amide bonds. The zero-order valence-corrected chi connectivity index (χ0v) is 16.2. The fourth-order valence-electron chi connectivity index (χ4n) is 3.27. The lowest BCUT2D eigenvalue weighted by Crippen LogP contribution is -2.44. The van der Waals surface area contributed by atoms with Crippen molar-refractivity contribution in [3.05, 3.63) is 64.7 Å². The molecule has 27 heavy (non-hydrogen) atoms. The monoisotopic (exact) mass is 388 g/mol. The molecule has 1 unspecified atom stereocenters. The summed E-state index contributed by atoms with van der Waals surface area (Å²) in [4.78, 5) is 14.8. The van der Waals surface area contributed by atoms with Crippen LogP contribution >= 0.6 is 11.6 Å². The second-order valence-corrected chi connectivity index (χ2v) is 6.92. The van der Waals surface area contributed by atoms with Gasteiger partial charge in [0.2, 0.25) is 5.91 Å². The normalized spacial score (nSPS) is 15.9. The van der Waals surface area contributed by atoms with E-state index >= 15 is 0 Å². The third kappa shape index (κ3) is 5.45. The molecule has 1 saturated heterocycles. The summed E-state index contributed by atoms with van der Waals surface area (Å²) in [6.45, 7) is 3.55. The summed E-state index contributed by atoms with van der Waals surface area (Å²) in [7, 11) is 1.63. The molecule has 1 heterocycles. The van der Waals surface area contributed by atoms with E-state index in [2.05, 4.69) is 10.2 Å². The van der Waals surface area contributed by atoms with Gasteiger partial charge in [-0.25, -0.2) is 0 Å². The summed E-state index contributed by atoms with van der Waals surface area (Å²) >= 11 is 6.43. The largest absolute Gasteiger partial charge is 0.497 e. The number of nitrogens with zero attached hydrogens (tertiary/aromatic N) is 1. The molecule has 3 rings (SSSR count). The summed E-state index contributed by atoms with van der Waals surface area (Å²) in [5.74, 6) is 0.774. The molecule has 1 aliphatic heterocycles. The Morgan fingerprint density at radius 2 is 1.89 bits per heavy atom. The number of hydrogen-bond donors (Lipinski definition) is 1. The van der Waals surface area contributed by atoms with E-state index < -0.39 is 0 Å². The van der Waals surface area contributed by atoms with Crippen molar-refractivity contribution in [1.82, 2.24) is 10.2 Å². The van der Waals surface area contributed by atoms with Gasteiger partial charge in [-0.3, -0.25) is 9.69 Å². The van der Waals surface area contributed by atoms with Gasteiger partial charge in [0.15, 0.2) is 0 Å². The van der Waals surface area contributed by atoms with E-state index in [0.717, 1.165) is 35.0 Å². The maximum absolute atomic E-state index is 12.5. The van der Waals surface area contributed by atoms with Crippen molar-refractivity contribution in [3.8, 4) is 5.75 Å². The van der Waals surface area contributed by atoms with Crippen molar-refractivity contribution in [2.45, 2.75) is 12.5 Å². The fraction of sp³-hybridized carbons (Fsp3) is 0.381. The van der Waals surface area contributed by atoms with Crippen LogP contribution in [0.25, 0.3) is 0 Å². The van der Waals surface area contributed by atoms with Crippen LogP contribution in [0.4, 0.5) is 0 Å². The average molecular weight is 389 g/mol. The number of ether oxygens (including phenoxy) is 2. The van der Waals surface area contributed by atoms with Crippen LogP contribution in [-0.4, -0.2) is 50.8 Å². The van der Waals surface area contributed by atoms with E-state index in [1.807, 2.05) is 48.5 Å². The Labute approximate surface area is 165 Å². The molecule has 0 spiro atoms. The quantitative estimate of drug-likeness (QED) is 0.792. The number of amides is 1. The number of rotatable bonds is 7. The minimum absolute atomic E-state index is 0.00881. The van der Waals surface area contributed by atoms with Crippen LogP contribution in [0.15, 0.2) is 48.5 Å². The summed E-state index contributed by atoms with van der Waals surface area (Å²) in [6.07, 6.45) is 0.336. The Kier molecular flexibility index (Phi) is 7.10. The van der Waals surface area contributed by atoms with Crippen LogP contribution < -0.4 is 10.1 Å². The lowest BCUT2D eigenvalue weighted by molar-refractivity contribution is -0.120. The molecule has 6 heteroatoms. The summed E-state index contributed by atoms with van der Waals surface area (Å²) < 4.78 is 10.6. The number of morpholine rings is 1. The Bertz CT molecular complexity index is 745. The first-order chi connectivity index (χ1) is 13.2. The van der Waals surface area contributed by atoms with E-state index in [4.69, 9.17) is 21.1 Å². The number of hydrogen-bond acceptors (Lipinski definition) is 4. The number of benzene rings is 2. The molecule has 0 saturated carbocycles. The highest BCUT2D eigenvalue weighted by atomic mass is 35.5. The van der Waals surface area contributed by atoms with Crippen molar-refractivity contribution in [2.24, 2.45) is 0 Å². The average Bonchev–Trinajstić information content (AvgIpc) is 2.71. The predicted octanol–water partition coefficient (Wildman–Crippen LogP) is 3.08. The van der Waals surface area contributed by atoms with Gasteiger partial charge in [0.05, 0.1) is 32.8 Å². The van der Waals surface area contributed by atoms with Crippen LogP contribution in [0.2, 0.25) is 5.02 Å². The standard InChI is InChI=1S/C21H25ClN2O3/c1-26-17-8-6-16(7-9-17)14-21(25)23-15-20(24-10-12-27-13-11-24)18-4-2-3-5-19(18)22/h2-9,20H,10-15H2,1H3,(H,23,25). The van der Waals surface area contributed by atoms with Crippen LogP contribution in [0, 0.1) is 0 Å². The molecule has 144 valence electrons. The molecule has 1 fully saturated rings. The highest BCUT2D eigenvalue weighted by molar-refractivity contribution is 6.31. The number of carbonyl (C=O) groups is 1. The minimum atomic E-state index is -0.00881. The van der Waals surface area contributed by atoms with Crippen molar-refractivity contribution in [2.75, 3.05) is 40.0 Å². The van der Waals surface area contributed by atoms with Gasteiger partial charge in [0, 0.05) is 24.7 Å². The summed E-state index contributed by atoms with van der Waals surface area (Å²) in [6, 6.07) is 15.4. The second-order valence-electron chi connectivity index (χ2n) is 6.51. The van der Waals surface area contributed by atoms with E-state index in [1.54, 1.807) is 7.11 Å². The molecule has 1 atom stereocenters. The number of carbonyl (C=O) groups excluding carboxylic acids is 1. The van der Waals surface area contributed by atoms with Crippen molar-refractivity contribution >= 4 is 17.5 Å². The molecule has 0 aromatic heterocycles. The first-order valence-corrected chi connectivity index (χ1v) is 9.51. The van der Waals surface area contributed by atoms with Crippen LogP contribution in [0.5, 0.6) is 5.75 Å². The molecule has 5 nitrogen and oxygen atoms in total. The molecule has 2 aromatic rings. The minimum Gasteiger partial charge on any atom is -0.497 e. The second kappa shape index (κ2) is 9.74. The van der Waals surface area contributed by atoms with Crippen molar-refractivity contribution in [1.29, 1.82) is 0 Å². The Morgan fingerprint density at radius 3 is 2.56 bits per heavy atom. The maximum atomic E-state index is 12.5. The lowest BCUT2D eigenvalue weighted by Gasteiger charge is -2.35. The molecule has 1 aliphatic rings. The third-order valence-electron chi connectivity index (χ3n) is 4.77. The number of nitrogens with one attached hydrogen (secondary N) is 1. The SMILES string of the molecule is COc1ccc(CC(=O)NCC(c2ccccc2Cl)N2CCOCC2)cc1. The molecule has 1 N–H and O–H groups in total. The topological polar surface area (TPSA) is 50.8 Å². The molecule has 0 aliphatic carbocycles. The van der Waals surface area contributed by atoms with Crippen molar-refractivity contribution in [3.63, 3.8) is 0 Å². The van der Waals surface area contributed by atoms with Gasteiger partial charge in [-0.2, -0.15) is 0 Å². The van der Waals surface area contributed by atoms with Gasteiger partial charge in [-0.05, 0) is 29.3 Å². The first-order valence-electron chi connectivity index (χ1n) is 9.13. The van der Waals surface area contributed by atoms with Gasteiger partial charge < -0.3 is 14.8 Å². The molecular formula is C21H25ClN2O3. The van der Waals surface area contributed by atoms with Gasteiger partial charge in [0.1, 0.15) is 5.75 Å². The Balaban J connectivity index is 1.64. The van der Waals surface area contributed by atoms with E-state index in [1.165, 1.54) is 0 Å². The van der Waals surface area contributed by atoms with E-state index in [0.29, 0.717) is 26.2 Å². The van der Waals surface area contributed by atoms with Crippen molar-refractivity contribution < 1.29 is 14.3 Å². The van der Waals surface area contributed by atoms with Gasteiger partial charge in [-0.1, -0.05) is 41.9 Å². The summed E-state index contributed by atoms with van der Waals surface area (Å²) in [5.41, 5.74) is 1.99. The lowest BCUT2D eigenvalue weighted by atomic mass is 10.0. The predicted molar refractivity (Wildman–Crippen MR) is 106 cm³/mol. The number of methoxy groups -OCH3 is 1. The third-order valence-corrected chi connectivity index (χ3v) is 5.11. The zero-order chi connectivity index (χ0) is 19.1.